The van der Waals surface area contributed by atoms with Crippen molar-refractivity contribution in [3.63, 3.8) is 0 Å². The van der Waals surface area contributed by atoms with Crippen LogP contribution in [0.3, 0.4) is 0 Å². The lowest BCUT2D eigenvalue weighted by Crippen LogP contribution is -2.39. The molecule has 0 aliphatic rings. The molecule has 0 aliphatic carbocycles. The van der Waals surface area contributed by atoms with Crippen molar-refractivity contribution >= 4 is 11.8 Å². The molecule has 2 rings (SSSR count). The minimum Gasteiger partial charge on any atom is -0.394 e. The molecule has 6 nitrogen and oxygen atoms in total. The highest BCUT2D eigenvalue weighted by Crippen LogP contribution is 2.06. The van der Waals surface area contributed by atoms with Gasteiger partial charge in [-0.05, 0) is 30.3 Å². The topological polar surface area (TPSA) is 105 Å². The Morgan fingerprint density at radius 3 is 2.59 bits per heavy atom. The number of rotatable bonds is 6. The lowest BCUT2D eigenvalue weighted by atomic mass is 10.1. The fraction of sp³-hybridized carbons (Fsp3) is 0.188. The zero-order valence-electron chi connectivity index (χ0n) is 11.9. The second-order valence-electron chi connectivity index (χ2n) is 4.82. The first kappa shape index (κ1) is 15.7. The molecule has 1 atom stereocenters. The van der Waals surface area contributed by atoms with Crippen molar-refractivity contribution in [2.24, 2.45) is 5.73 Å². The average molecular weight is 299 g/mol. The smallest absolute Gasteiger partial charge is 0.251 e. The fourth-order valence-corrected chi connectivity index (χ4v) is 2.01. The van der Waals surface area contributed by atoms with Crippen LogP contribution in [0.4, 0.5) is 0 Å². The minimum atomic E-state index is -0.596. The van der Waals surface area contributed by atoms with Gasteiger partial charge in [-0.25, -0.2) is 0 Å². The fourth-order valence-electron chi connectivity index (χ4n) is 2.01. The number of aliphatic hydroxyl groups is 1. The van der Waals surface area contributed by atoms with Crippen LogP contribution in [0.5, 0.6) is 0 Å². The molecule has 0 spiro atoms. The van der Waals surface area contributed by atoms with Gasteiger partial charge in [-0.2, -0.15) is 0 Å². The maximum Gasteiger partial charge on any atom is 0.251 e. The second-order valence-corrected chi connectivity index (χ2v) is 4.82. The molecular formula is C16H17N3O3. The van der Waals surface area contributed by atoms with Gasteiger partial charge in [-0.1, -0.05) is 12.1 Å². The highest BCUT2D eigenvalue weighted by atomic mass is 16.3. The summed E-state index contributed by atoms with van der Waals surface area (Å²) in [5, 5.41) is 12.1. The van der Waals surface area contributed by atoms with E-state index in [-0.39, 0.29) is 18.1 Å². The van der Waals surface area contributed by atoms with Crippen molar-refractivity contribution in [3.05, 3.63) is 65.5 Å². The van der Waals surface area contributed by atoms with Crippen LogP contribution in [0.2, 0.25) is 0 Å². The number of nitrogens with one attached hydrogen (secondary N) is 1. The molecule has 2 aromatic rings. The number of nitrogens with two attached hydrogens (primary N) is 1. The van der Waals surface area contributed by atoms with Crippen LogP contribution in [0.15, 0.2) is 48.7 Å². The van der Waals surface area contributed by atoms with Crippen molar-refractivity contribution in [1.82, 2.24) is 10.3 Å². The number of pyridine rings is 1. The molecule has 1 aromatic carbocycles. The molecule has 22 heavy (non-hydrogen) atoms. The van der Waals surface area contributed by atoms with E-state index in [2.05, 4.69) is 10.3 Å². The third kappa shape index (κ3) is 4.13. The summed E-state index contributed by atoms with van der Waals surface area (Å²) in [5.41, 5.74) is 6.54. The standard InChI is InChI=1S/C16H17N3O3/c17-15(21)11-4-3-5-12(8-11)16(22)19-14(10-20)9-13-6-1-2-7-18-13/h1-8,14,20H,9-10H2,(H2,17,21)(H,19,22)/t14-/m1/s1. The van der Waals surface area contributed by atoms with Gasteiger partial charge in [0.15, 0.2) is 0 Å². The molecular weight excluding hydrogens is 282 g/mol. The predicted octanol–water partition coefficient (Wildman–Crippen LogP) is 0.514. The molecule has 0 radical (unpaired) electrons. The van der Waals surface area contributed by atoms with Gasteiger partial charge in [-0.3, -0.25) is 14.6 Å². The summed E-state index contributed by atoms with van der Waals surface area (Å²) >= 11 is 0. The molecule has 0 bridgehead atoms. The second kappa shape index (κ2) is 7.33. The molecule has 0 fully saturated rings. The van der Waals surface area contributed by atoms with Crippen LogP contribution in [0.1, 0.15) is 26.4 Å². The van der Waals surface area contributed by atoms with Crippen LogP contribution in [-0.2, 0) is 6.42 Å². The normalized spacial score (nSPS) is 11.7. The van der Waals surface area contributed by atoms with Crippen molar-refractivity contribution in [2.75, 3.05) is 6.61 Å². The molecule has 4 N–H and O–H groups in total. The molecule has 114 valence electrons. The van der Waals surface area contributed by atoms with Crippen molar-refractivity contribution in [2.45, 2.75) is 12.5 Å². The van der Waals surface area contributed by atoms with E-state index in [0.29, 0.717) is 12.0 Å². The number of aromatic nitrogens is 1. The number of hydrogen-bond acceptors (Lipinski definition) is 4. The van der Waals surface area contributed by atoms with E-state index >= 15 is 0 Å². The molecule has 1 heterocycles. The van der Waals surface area contributed by atoms with E-state index in [4.69, 9.17) is 5.73 Å². The average Bonchev–Trinajstić information content (AvgIpc) is 2.55. The number of benzene rings is 1. The Hall–Kier alpha value is -2.73. The SMILES string of the molecule is NC(=O)c1cccc(C(=O)N[C@@H](CO)Cc2ccccn2)c1. The highest BCUT2D eigenvalue weighted by molar-refractivity contribution is 5.99. The number of amides is 2. The van der Waals surface area contributed by atoms with Gasteiger partial charge in [0.1, 0.15) is 0 Å². The highest BCUT2D eigenvalue weighted by Gasteiger charge is 2.15. The number of aliphatic hydroxyl groups excluding tert-OH is 1. The van der Waals surface area contributed by atoms with Gasteiger partial charge < -0.3 is 16.2 Å². The Morgan fingerprint density at radius 1 is 1.18 bits per heavy atom. The monoisotopic (exact) mass is 299 g/mol. The third-order valence-electron chi connectivity index (χ3n) is 3.15. The number of hydrogen-bond donors (Lipinski definition) is 3. The summed E-state index contributed by atoms with van der Waals surface area (Å²) in [6.45, 7) is -0.210. The maximum absolute atomic E-state index is 12.2. The number of carbonyl (C=O) groups is 2. The Bertz CT molecular complexity index is 659. The van der Waals surface area contributed by atoms with Crippen LogP contribution in [0.25, 0.3) is 0 Å². The maximum atomic E-state index is 12.2. The lowest BCUT2D eigenvalue weighted by Gasteiger charge is -2.16. The summed E-state index contributed by atoms with van der Waals surface area (Å²) in [5.74, 6) is -0.972. The number of primary amides is 1. The van der Waals surface area contributed by atoms with E-state index in [1.807, 2.05) is 12.1 Å². The van der Waals surface area contributed by atoms with Crippen LogP contribution in [-0.4, -0.2) is 34.6 Å². The first-order valence-electron chi connectivity index (χ1n) is 6.81. The Kier molecular flexibility index (Phi) is 5.21. The Labute approximate surface area is 128 Å². The van der Waals surface area contributed by atoms with Crippen molar-refractivity contribution in [1.29, 1.82) is 0 Å². The summed E-state index contributed by atoms with van der Waals surface area (Å²) < 4.78 is 0. The minimum absolute atomic E-state index is 0.210. The van der Waals surface area contributed by atoms with Gasteiger partial charge in [0.25, 0.3) is 5.91 Å². The van der Waals surface area contributed by atoms with Gasteiger partial charge in [0, 0.05) is 29.4 Å². The molecule has 0 saturated carbocycles. The zero-order valence-corrected chi connectivity index (χ0v) is 11.9. The van der Waals surface area contributed by atoms with Gasteiger partial charge in [0.05, 0.1) is 12.6 Å². The van der Waals surface area contributed by atoms with E-state index in [1.165, 1.54) is 12.1 Å². The van der Waals surface area contributed by atoms with Crippen molar-refractivity contribution in [3.8, 4) is 0 Å². The molecule has 0 saturated heterocycles. The third-order valence-corrected chi connectivity index (χ3v) is 3.15. The number of carbonyl (C=O) groups excluding carboxylic acids is 2. The molecule has 1 aromatic heterocycles. The van der Waals surface area contributed by atoms with E-state index in [0.717, 1.165) is 5.69 Å². The first-order valence-corrected chi connectivity index (χ1v) is 6.81. The van der Waals surface area contributed by atoms with E-state index < -0.39 is 11.9 Å². The van der Waals surface area contributed by atoms with E-state index in [9.17, 15) is 14.7 Å². The lowest BCUT2D eigenvalue weighted by molar-refractivity contribution is 0.0916. The molecule has 2 amide bonds. The van der Waals surface area contributed by atoms with Crippen LogP contribution in [0, 0.1) is 0 Å². The predicted molar refractivity (Wildman–Crippen MR) is 81.2 cm³/mol. The summed E-state index contributed by atoms with van der Waals surface area (Å²) in [6, 6.07) is 11.1. The summed E-state index contributed by atoms with van der Waals surface area (Å²) in [6.07, 6.45) is 2.07. The Balaban J connectivity index is 2.06. The number of nitrogens with zero attached hydrogens (tertiary/aromatic N) is 1. The molecule has 0 unspecified atom stereocenters. The zero-order chi connectivity index (χ0) is 15.9. The molecule has 0 aliphatic heterocycles. The van der Waals surface area contributed by atoms with Gasteiger partial charge >= 0.3 is 0 Å². The quantitative estimate of drug-likeness (QED) is 0.722. The van der Waals surface area contributed by atoms with Crippen LogP contribution < -0.4 is 11.1 Å². The van der Waals surface area contributed by atoms with Crippen LogP contribution >= 0.6 is 0 Å². The first-order chi connectivity index (χ1) is 10.6. The summed E-state index contributed by atoms with van der Waals surface area (Å²) in [4.78, 5) is 27.5. The Morgan fingerprint density at radius 2 is 1.95 bits per heavy atom. The largest absolute Gasteiger partial charge is 0.394 e. The van der Waals surface area contributed by atoms with Gasteiger partial charge in [-0.15, -0.1) is 0 Å². The molecule has 6 heteroatoms. The van der Waals surface area contributed by atoms with E-state index in [1.54, 1.807) is 24.4 Å². The van der Waals surface area contributed by atoms with Crippen molar-refractivity contribution < 1.29 is 14.7 Å². The van der Waals surface area contributed by atoms with Gasteiger partial charge in [0.2, 0.25) is 5.91 Å². The summed E-state index contributed by atoms with van der Waals surface area (Å²) in [7, 11) is 0.